The number of rotatable bonds is 6. The lowest BCUT2D eigenvalue weighted by Crippen LogP contribution is -2.36. The maximum atomic E-state index is 13.0. The highest BCUT2D eigenvalue weighted by molar-refractivity contribution is 8.18. The molecule has 168 valence electrons. The Morgan fingerprint density at radius 3 is 2.48 bits per heavy atom. The van der Waals surface area contributed by atoms with Crippen molar-refractivity contribution in [2.75, 3.05) is 26.1 Å². The number of amides is 3. The van der Waals surface area contributed by atoms with Crippen LogP contribution in [0.15, 0.2) is 59.5 Å². The van der Waals surface area contributed by atoms with Gasteiger partial charge in [0, 0.05) is 11.3 Å². The molecule has 33 heavy (non-hydrogen) atoms. The second kappa shape index (κ2) is 9.33. The number of halogens is 1. The predicted octanol–water partition coefficient (Wildman–Crippen LogP) is 4.67. The first-order valence-corrected chi connectivity index (χ1v) is 10.7. The lowest BCUT2D eigenvalue weighted by Gasteiger charge is -2.13. The van der Waals surface area contributed by atoms with E-state index in [1.807, 2.05) is 24.3 Å². The van der Waals surface area contributed by atoms with Gasteiger partial charge < -0.3 is 14.8 Å². The molecule has 0 unspecified atom stereocenters. The average Bonchev–Trinajstić information content (AvgIpc) is 3.07. The Morgan fingerprint density at radius 1 is 1.06 bits per heavy atom. The molecule has 1 aliphatic rings. The predicted molar refractivity (Wildman–Crippen MR) is 125 cm³/mol. The summed E-state index contributed by atoms with van der Waals surface area (Å²) in [6.07, 6.45) is 1.59. The van der Waals surface area contributed by atoms with Crippen LogP contribution in [0.1, 0.15) is 5.56 Å². The summed E-state index contributed by atoms with van der Waals surface area (Å²) in [4.78, 5) is 38.8. The molecular formula is C24H19FN2O5S. The zero-order chi connectivity index (χ0) is 23.5. The highest BCUT2D eigenvalue weighted by Gasteiger charge is 2.36. The van der Waals surface area contributed by atoms with Gasteiger partial charge in [0.25, 0.3) is 11.1 Å². The van der Waals surface area contributed by atoms with Gasteiger partial charge in [-0.25, -0.2) is 4.39 Å². The number of nitrogens with one attached hydrogen (secondary N) is 1. The van der Waals surface area contributed by atoms with Crippen LogP contribution in [0.2, 0.25) is 0 Å². The van der Waals surface area contributed by atoms with E-state index in [1.165, 1.54) is 31.4 Å². The fourth-order valence-electron chi connectivity index (χ4n) is 3.40. The van der Waals surface area contributed by atoms with Crippen molar-refractivity contribution in [1.29, 1.82) is 0 Å². The maximum Gasteiger partial charge on any atom is 0.294 e. The van der Waals surface area contributed by atoms with Crippen LogP contribution in [0, 0.1) is 5.82 Å². The molecule has 0 radical (unpaired) electrons. The summed E-state index contributed by atoms with van der Waals surface area (Å²) in [5.74, 6) is -0.433. The molecule has 0 atom stereocenters. The number of hydrogen-bond donors (Lipinski definition) is 1. The summed E-state index contributed by atoms with van der Waals surface area (Å²) in [6.45, 7) is -0.458. The van der Waals surface area contributed by atoms with E-state index in [-0.39, 0.29) is 4.91 Å². The maximum absolute atomic E-state index is 13.0. The van der Waals surface area contributed by atoms with Crippen LogP contribution < -0.4 is 14.8 Å². The number of ether oxygens (including phenoxy) is 2. The average molecular weight is 466 g/mol. The number of thioether (sulfide) groups is 1. The number of imide groups is 1. The number of carbonyl (C=O) groups excluding carboxylic acids is 3. The minimum atomic E-state index is -0.582. The molecule has 1 saturated heterocycles. The van der Waals surface area contributed by atoms with E-state index in [0.717, 1.165) is 27.4 Å². The van der Waals surface area contributed by atoms with E-state index in [2.05, 4.69) is 5.32 Å². The Hall–Kier alpha value is -3.85. The van der Waals surface area contributed by atoms with Crippen molar-refractivity contribution < 1.29 is 28.2 Å². The third-order valence-corrected chi connectivity index (χ3v) is 5.94. The van der Waals surface area contributed by atoms with Gasteiger partial charge in [-0.3, -0.25) is 19.3 Å². The van der Waals surface area contributed by atoms with Crippen LogP contribution in [0.5, 0.6) is 11.5 Å². The number of carbonyl (C=O) groups is 3. The van der Waals surface area contributed by atoms with Gasteiger partial charge in [-0.1, -0.05) is 12.1 Å². The lowest BCUT2D eigenvalue weighted by molar-refractivity contribution is -0.127. The quantitative estimate of drug-likeness (QED) is 0.532. The second-order valence-electron chi connectivity index (χ2n) is 7.09. The second-order valence-corrected chi connectivity index (χ2v) is 8.08. The summed E-state index contributed by atoms with van der Waals surface area (Å²) in [7, 11) is 3.08. The molecule has 3 aromatic carbocycles. The molecule has 0 saturated carbocycles. The van der Waals surface area contributed by atoms with E-state index < -0.39 is 29.4 Å². The molecular weight excluding hydrogens is 447 g/mol. The van der Waals surface area contributed by atoms with Crippen LogP contribution in [0.25, 0.3) is 16.8 Å². The minimum absolute atomic E-state index is 0.170. The summed E-state index contributed by atoms with van der Waals surface area (Å²) in [6, 6.07) is 14.4. The fourth-order valence-corrected chi connectivity index (χ4v) is 4.22. The number of nitrogens with zero attached hydrogens (tertiary/aromatic N) is 1. The Kier molecular flexibility index (Phi) is 6.32. The zero-order valence-corrected chi connectivity index (χ0v) is 18.6. The number of hydrogen-bond acceptors (Lipinski definition) is 6. The molecule has 3 aromatic rings. The van der Waals surface area contributed by atoms with Gasteiger partial charge in [0.2, 0.25) is 5.91 Å². The molecule has 0 bridgehead atoms. The van der Waals surface area contributed by atoms with E-state index in [0.29, 0.717) is 22.7 Å². The van der Waals surface area contributed by atoms with Crippen molar-refractivity contribution in [2.45, 2.75) is 0 Å². The molecule has 1 N–H and O–H groups in total. The summed E-state index contributed by atoms with van der Waals surface area (Å²) in [5, 5.41) is 3.67. The lowest BCUT2D eigenvalue weighted by atomic mass is 10.0. The number of anilines is 1. The SMILES string of the molecule is COc1ccc2ccc(OC)c(/C=C3\SC(=O)N(CC(=O)Nc4ccc(F)cc4)C3=O)c2c1. The van der Waals surface area contributed by atoms with Gasteiger partial charge in [0.05, 0.1) is 19.1 Å². The normalized spacial score (nSPS) is 14.8. The van der Waals surface area contributed by atoms with E-state index in [1.54, 1.807) is 19.3 Å². The number of benzene rings is 3. The topological polar surface area (TPSA) is 84.9 Å². The number of methoxy groups -OCH3 is 2. The molecule has 0 aliphatic carbocycles. The molecule has 3 amide bonds. The number of fused-ring (bicyclic) bond motifs is 1. The van der Waals surface area contributed by atoms with Crippen molar-refractivity contribution in [3.8, 4) is 11.5 Å². The van der Waals surface area contributed by atoms with Gasteiger partial charge >= 0.3 is 0 Å². The Bertz CT molecular complexity index is 1280. The van der Waals surface area contributed by atoms with Gasteiger partial charge in [0.15, 0.2) is 0 Å². The third-order valence-electron chi connectivity index (χ3n) is 5.03. The van der Waals surface area contributed by atoms with Gasteiger partial charge in [-0.2, -0.15) is 0 Å². The monoisotopic (exact) mass is 466 g/mol. The van der Waals surface area contributed by atoms with Crippen molar-refractivity contribution in [3.05, 3.63) is 70.9 Å². The third kappa shape index (κ3) is 4.68. The first kappa shape index (κ1) is 22.3. The van der Waals surface area contributed by atoms with Gasteiger partial charge in [0.1, 0.15) is 23.9 Å². The van der Waals surface area contributed by atoms with Crippen LogP contribution in [-0.2, 0) is 9.59 Å². The standard InChI is InChI=1S/C24H19FN2O5S/c1-31-17-9-3-14-4-10-20(32-2)19(18(14)11-17)12-21-23(29)27(24(30)33-21)13-22(28)26-16-7-5-15(25)6-8-16/h3-12H,13H2,1-2H3,(H,26,28)/b21-12-. The van der Waals surface area contributed by atoms with E-state index >= 15 is 0 Å². The molecule has 7 nitrogen and oxygen atoms in total. The Balaban J connectivity index is 1.60. The first-order chi connectivity index (χ1) is 15.9. The van der Waals surface area contributed by atoms with Crippen LogP contribution in [-0.4, -0.2) is 42.7 Å². The largest absolute Gasteiger partial charge is 0.497 e. The van der Waals surface area contributed by atoms with Crippen molar-refractivity contribution in [1.82, 2.24) is 4.90 Å². The van der Waals surface area contributed by atoms with Crippen molar-refractivity contribution >= 4 is 51.4 Å². The van der Waals surface area contributed by atoms with Gasteiger partial charge in [-0.05, 0) is 71.1 Å². The fraction of sp³-hybridized carbons (Fsp3) is 0.125. The highest BCUT2D eigenvalue weighted by Crippen LogP contribution is 2.37. The van der Waals surface area contributed by atoms with Crippen LogP contribution >= 0.6 is 11.8 Å². The molecule has 0 spiro atoms. The highest BCUT2D eigenvalue weighted by atomic mass is 32.2. The molecule has 9 heteroatoms. The zero-order valence-electron chi connectivity index (χ0n) is 17.8. The molecule has 1 heterocycles. The van der Waals surface area contributed by atoms with E-state index in [4.69, 9.17) is 9.47 Å². The molecule has 0 aromatic heterocycles. The molecule has 1 fully saturated rings. The molecule has 4 rings (SSSR count). The van der Waals surface area contributed by atoms with Gasteiger partial charge in [-0.15, -0.1) is 0 Å². The molecule has 1 aliphatic heterocycles. The Labute approximate surface area is 193 Å². The Morgan fingerprint density at radius 2 is 1.79 bits per heavy atom. The smallest absolute Gasteiger partial charge is 0.294 e. The summed E-state index contributed by atoms with van der Waals surface area (Å²) in [5.41, 5.74) is 0.980. The van der Waals surface area contributed by atoms with Crippen molar-refractivity contribution in [3.63, 3.8) is 0 Å². The van der Waals surface area contributed by atoms with Crippen molar-refractivity contribution in [2.24, 2.45) is 0 Å². The summed E-state index contributed by atoms with van der Waals surface area (Å²) < 4.78 is 23.8. The summed E-state index contributed by atoms with van der Waals surface area (Å²) >= 11 is 0.747. The minimum Gasteiger partial charge on any atom is -0.497 e. The van der Waals surface area contributed by atoms with E-state index in [9.17, 15) is 18.8 Å². The van der Waals surface area contributed by atoms with Crippen LogP contribution in [0.4, 0.5) is 14.9 Å². The first-order valence-electron chi connectivity index (χ1n) is 9.85. The van der Waals surface area contributed by atoms with Crippen LogP contribution in [0.3, 0.4) is 0 Å².